The predicted octanol–water partition coefficient (Wildman–Crippen LogP) is 4.74. The van der Waals surface area contributed by atoms with Crippen molar-refractivity contribution in [3.05, 3.63) is 64.7 Å². The highest BCUT2D eigenvalue weighted by Crippen LogP contribution is 2.34. The van der Waals surface area contributed by atoms with E-state index in [4.69, 9.17) is 16.3 Å². The van der Waals surface area contributed by atoms with Crippen LogP contribution in [0.2, 0.25) is 5.02 Å². The summed E-state index contributed by atoms with van der Waals surface area (Å²) < 4.78 is 5.17. The minimum absolute atomic E-state index is 0.0861. The van der Waals surface area contributed by atoms with Gasteiger partial charge in [-0.2, -0.15) is 0 Å². The molecule has 0 unspecified atom stereocenters. The lowest BCUT2D eigenvalue weighted by Gasteiger charge is -2.32. The van der Waals surface area contributed by atoms with Gasteiger partial charge in [0, 0.05) is 63.0 Å². The van der Waals surface area contributed by atoms with Gasteiger partial charge in [-0.05, 0) is 55.0 Å². The first kappa shape index (κ1) is 25.7. The Morgan fingerprint density at radius 2 is 1.69 bits per heavy atom. The summed E-state index contributed by atoms with van der Waals surface area (Å²) in [5, 5.41) is 0.737. The summed E-state index contributed by atoms with van der Waals surface area (Å²) in [7, 11) is 1.62. The maximum Gasteiger partial charge on any atom is 0.230 e. The molecule has 7 heteroatoms. The number of hydrogen-bond donors (Lipinski definition) is 0. The molecule has 6 nitrogen and oxygen atoms in total. The second-order valence-corrected chi connectivity index (χ2v) is 10.00. The second-order valence-electron chi connectivity index (χ2n) is 9.56. The molecule has 0 bridgehead atoms. The molecule has 4 rings (SSSR count). The highest BCUT2D eigenvalue weighted by molar-refractivity contribution is 6.30. The number of halogens is 1. The van der Waals surface area contributed by atoms with Gasteiger partial charge in [0.1, 0.15) is 0 Å². The number of rotatable bonds is 6. The van der Waals surface area contributed by atoms with Crippen LogP contribution >= 0.6 is 11.6 Å². The third kappa shape index (κ3) is 7.29. The van der Waals surface area contributed by atoms with Gasteiger partial charge in [-0.3, -0.25) is 14.5 Å². The van der Waals surface area contributed by atoms with Crippen LogP contribution in [-0.2, 0) is 27.4 Å². The van der Waals surface area contributed by atoms with Crippen molar-refractivity contribution in [2.75, 3.05) is 44.8 Å². The van der Waals surface area contributed by atoms with E-state index in [2.05, 4.69) is 23.1 Å². The number of nitrogens with zero attached hydrogens (tertiary/aromatic N) is 3. The molecule has 0 radical (unpaired) electrons. The number of ether oxygens (including phenoxy) is 1. The normalized spacial score (nSPS) is 17.9. The molecule has 1 fully saturated rings. The van der Waals surface area contributed by atoms with Crippen LogP contribution in [0, 0.1) is 5.92 Å². The number of amides is 2. The fourth-order valence-electron chi connectivity index (χ4n) is 4.71. The van der Waals surface area contributed by atoms with E-state index in [1.54, 1.807) is 7.11 Å². The number of methoxy groups -OCH3 is 1. The molecule has 2 aliphatic rings. The van der Waals surface area contributed by atoms with Crippen molar-refractivity contribution in [1.82, 2.24) is 9.80 Å². The molecule has 1 aliphatic carbocycles. The van der Waals surface area contributed by atoms with E-state index in [1.165, 1.54) is 5.56 Å². The number of fused-ring (bicyclic) bond motifs is 1. The standard InChI is InChI=1S/C28H36ClN3O3/c1-35-19-14-27(33)31-17-4-15-30(20-22-8-12-25(29)13-9-22)16-5-18-32(28(34)23-10-11-23)26-7-3-2-6-24(26)21-31/h2-3,6-9,12-13,23H,4-5,10-11,14-21H2,1H3. The van der Waals surface area contributed by atoms with Crippen LogP contribution in [0.5, 0.6) is 0 Å². The van der Waals surface area contributed by atoms with Crippen LogP contribution in [0.1, 0.15) is 43.2 Å². The Bertz CT molecular complexity index is 993. The quantitative estimate of drug-likeness (QED) is 0.578. The number of para-hydroxylation sites is 1. The zero-order valence-corrected chi connectivity index (χ0v) is 21.4. The first-order valence-corrected chi connectivity index (χ1v) is 13.1. The Balaban J connectivity index is 1.58. The van der Waals surface area contributed by atoms with Gasteiger partial charge in [-0.1, -0.05) is 41.9 Å². The molecule has 0 aromatic heterocycles. The van der Waals surface area contributed by atoms with Crippen LogP contribution in [0.25, 0.3) is 0 Å². The smallest absolute Gasteiger partial charge is 0.230 e. The molecule has 1 saturated carbocycles. The largest absolute Gasteiger partial charge is 0.384 e. The minimum Gasteiger partial charge on any atom is -0.384 e. The van der Waals surface area contributed by atoms with Crippen molar-refractivity contribution >= 4 is 29.1 Å². The fraction of sp³-hybridized carbons (Fsp3) is 0.500. The van der Waals surface area contributed by atoms with E-state index >= 15 is 0 Å². The van der Waals surface area contributed by atoms with Crippen LogP contribution in [0.4, 0.5) is 5.69 Å². The molecule has 0 saturated heterocycles. The highest BCUT2D eigenvalue weighted by atomic mass is 35.5. The monoisotopic (exact) mass is 497 g/mol. The number of carbonyl (C=O) groups excluding carboxylic acids is 2. The average Bonchev–Trinajstić information content (AvgIpc) is 3.70. The molecular weight excluding hydrogens is 462 g/mol. The summed E-state index contributed by atoms with van der Waals surface area (Å²) in [6, 6.07) is 16.1. The van der Waals surface area contributed by atoms with Crippen LogP contribution in [0.3, 0.4) is 0 Å². The number of benzene rings is 2. The Morgan fingerprint density at radius 1 is 0.971 bits per heavy atom. The molecular formula is C28H36ClN3O3. The van der Waals surface area contributed by atoms with Gasteiger partial charge in [-0.25, -0.2) is 0 Å². The molecule has 35 heavy (non-hydrogen) atoms. The number of anilines is 1. The molecule has 2 amide bonds. The number of hydrogen-bond acceptors (Lipinski definition) is 4. The zero-order chi connectivity index (χ0) is 24.6. The Morgan fingerprint density at radius 3 is 2.40 bits per heavy atom. The van der Waals surface area contributed by atoms with Gasteiger partial charge in [0.25, 0.3) is 0 Å². The Kier molecular flexibility index (Phi) is 9.18. The molecule has 1 aliphatic heterocycles. The van der Waals surface area contributed by atoms with Crippen molar-refractivity contribution in [3.63, 3.8) is 0 Å². The Hall–Kier alpha value is -2.41. The van der Waals surface area contributed by atoms with E-state index in [9.17, 15) is 9.59 Å². The van der Waals surface area contributed by atoms with Gasteiger partial charge in [0.2, 0.25) is 11.8 Å². The summed E-state index contributed by atoms with van der Waals surface area (Å²) in [6.45, 7) is 4.86. The van der Waals surface area contributed by atoms with Gasteiger partial charge < -0.3 is 14.5 Å². The molecule has 0 spiro atoms. The van der Waals surface area contributed by atoms with Gasteiger partial charge >= 0.3 is 0 Å². The van der Waals surface area contributed by atoms with Crippen LogP contribution < -0.4 is 4.90 Å². The summed E-state index contributed by atoms with van der Waals surface area (Å²) >= 11 is 6.08. The lowest BCUT2D eigenvalue weighted by molar-refractivity contribution is -0.132. The third-order valence-corrected chi connectivity index (χ3v) is 7.04. The predicted molar refractivity (Wildman–Crippen MR) is 139 cm³/mol. The van der Waals surface area contributed by atoms with E-state index in [0.29, 0.717) is 32.7 Å². The van der Waals surface area contributed by atoms with Crippen molar-refractivity contribution in [3.8, 4) is 0 Å². The first-order valence-electron chi connectivity index (χ1n) is 12.7. The number of carbonyl (C=O) groups is 2. The SMILES string of the molecule is COCCC(=O)N1CCCN(Cc2ccc(Cl)cc2)CCCN(C(=O)C2CC2)c2ccccc2C1. The topological polar surface area (TPSA) is 53.1 Å². The maximum atomic E-state index is 13.3. The summed E-state index contributed by atoms with van der Waals surface area (Å²) in [5.41, 5.74) is 3.19. The van der Waals surface area contributed by atoms with E-state index in [1.807, 2.05) is 40.1 Å². The van der Waals surface area contributed by atoms with Crippen molar-refractivity contribution in [2.45, 2.75) is 45.2 Å². The molecule has 0 atom stereocenters. The fourth-order valence-corrected chi connectivity index (χ4v) is 4.83. The zero-order valence-electron chi connectivity index (χ0n) is 20.6. The van der Waals surface area contributed by atoms with Crippen LogP contribution in [-0.4, -0.2) is 61.5 Å². The van der Waals surface area contributed by atoms with E-state index in [-0.39, 0.29) is 17.7 Å². The van der Waals surface area contributed by atoms with Crippen molar-refractivity contribution < 1.29 is 14.3 Å². The first-order chi connectivity index (χ1) is 17.0. The van der Waals surface area contributed by atoms with Gasteiger partial charge in [-0.15, -0.1) is 0 Å². The molecule has 188 valence electrons. The molecule has 2 aromatic carbocycles. The van der Waals surface area contributed by atoms with Crippen molar-refractivity contribution in [2.24, 2.45) is 5.92 Å². The lowest BCUT2D eigenvalue weighted by Crippen LogP contribution is -2.39. The third-order valence-electron chi connectivity index (χ3n) is 6.79. The second kappa shape index (κ2) is 12.5. The van der Waals surface area contributed by atoms with Crippen LogP contribution in [0.15, 0.2) is 48.5 Å². The highest BCUT2D eigenvalue weighted by Gasteiger charge is 2.35. The molecule has 0 N–H and O–H groups in total. The van der Waals surface area contributed by atoms with Gasteiger partial charge in [0.05, 0.1) is 13.0 Å². The molecule has 2 aromatic rings. The summed E-state index contributed by atoms with van der Waals surface area (Å²) in [6.07, 6.45) is 4.09. The summed E-state index contributed by atoms with van der Waals surface area (Å²) in [5.74, 6) is 0.444. The average molecular weight is 498 g/mol. The Labute approximate surface area is 213 Å². The van der Waals surface area contributed by atoms with Gasteiger partial charge in [0.15, 0.2) is 0 Å². The minimum atomic E-state index is 0.0861. The van der Waals surface area contributed by atoms with Crippen molar-refractivity contribution in [1.29, 1.82) is 0 Å². The van der Waals surface area contributed by atoms with E-state index in [0.717, 1.165) is 61.6 Å². The molecule has 1 heterocycles. The maximum absolute atomic E-state index is 13.3. The summed E-state index contributed by atoms with van der Waals surface area (Å²) in [4.78, 5) is 32.7. The van der Waals surface area contributed by atoms with E-state index < -0.39 is 0 Å². The lowest BCUT2D eigenvalue weighted by atomic mass is 10.1.